The number of aromatic amines is 1. The van der Waals surface area contributed by atoms with E-state index in [1.807, 2.05) is 25.3 Å². The van der Waals surface area contributed by atoms with Crippen molar-refractivity contribution >= 4 is 45.6 Å². The minimum Gasteiger partial charge on any atom is -0.496 e. The molecule has 10 heteroatoms. The van der Waals surface area contributed by atoms with Gasteiger partial charge in [0.2, 0.25) is 0 Å². The highest BCUT2D eigenvalue weighted by Gasteiger charge is 2.16. The average Bonchev–Trinajstić information content (AvgIpc) is 3.48. The van der Waals surface area contributed by atoms with Crippen LogP contribution in [0.25, 0.3) is 16.6 Å². The maximum Gasteiger partial charge on any atom is 0.259 e. The first-order chi connectivity index (χ1) is 16.5. The number of carbonyl (C=O) groups is 1. The van der Waals surface area contributed by atoms with Crippen molar-refractivity contribution in [3.8, 4) is 11.4 Å². The Morgan fingerprint density at radius 3 is 2.85 bits per heavy atom. The van der Waals surface area contributed by atoms with E-state index in [0.29, 0.717) is 27.8 Å². The van der Waals surface area contributed by atoms with E-state index >= 15 is 0 Å². The van der Waals surface area contributed by atoms with Crippen LogP contribution in [0.15, 0.2) is 67.3 Å². The van der Waals surface area contributed by atoms with Crippen LogP contribution in [-0.4, -0.2) is 38.0 Å². The van der Waals surface area contributed by atoms with Gasteiger partial charge in [-0.15, -0.1) is 5.10 Å². The molecule has 0 bridgehead atoms. The number of ether oxygens (including phenoxy) is 1. The van der Waals surface area contributed by atoms with Gasteiger partial charge in [-0.1, -0.05) is 11.6 Å². The molecule has 0 aliphatic rings. The van der Waals surface area contributed by atoms with Crippen molar-refractivity contribution in [3.63, 3.8) is 0 Å². The van der Waals surface area contributed by atoms with Crippen LogP contribution in [0.2, 0.25) is 5.02 Å². The number of aromatic nitrogens is 5. The minimum atomic E-state index is -0.292. The first-order valence-electron chi connectivity index (χ1n) is 10.4. The second kappa shape index (κ2) is 8.87. The molecule has 5 rings (SSSR count). The van der Waals surface area contributed by atoms with E-state index in [2.05, 4.69) is 30.9 Å². The number of benzene rings is 2. The van der Waals surface area contributed by atoms with E-state index in [9.17, 15) is 4.79 Å². The molecule has 0 aliphatic heterocycles. The maximum absolute atomic E-state index is 12.7. The molecule has 0 aliphatic carbocycles. The van der Waals surface area contributed by atoms with E-state index in [1.54, 1.807) is 53.6 Å². The normalized spacial score (nSPS) is 10.9. The van der Waals surface area contributed by atoms with Gasteiger partial charge in [0.15, 0.2) is 5.82 Å². The van der Waals surface area contributed by atoms with Crippen molar-refractivity contribution in [2.45, 2.75) is 6.92 Å². The number of carbonyl (C=O) groups excluding carboxylic acids is 1. The zero-order valence-electron chi connectivity index (χ0n) is 18.3. The zero-order chi connectivity index (χ0) is 23.7. The zero-order valence-corrected chi connectivity index (χ0v) is 19.1. The Labute approximate surface area is 199 Å². The molecule has 34 heavy (non-hydrogen) atoms. The van der Waals surface area contributed by atoms with E-state index in [-0.39, 0.29) is 5.91 Å². The number of anilines is 3. The fourth-order valence-electron chi connectivity index (χ4n) is 3.57. The number of H-pyrrole nitrogens is 1. The van der Waals surface area contributed by atoms with Crippen molar-refractivity contribution < 1.29 is 9.53 Å². The number of hydrogen-bond donors (Lipinski definition) is 3. The topological polar surface area (TPSA) is 110 Å². The van der Waals surface area contributed by atoms with Gasteiger partial charge in [0.05, 0.1) is 52.7 Å². The van der Waals surface area contributed by atoms with Crippen molar-refractivity contribution in [3.05, 3.63) is 83.4 Å². The lowest BCUT2D eigenvalue weighted by Gasteiger charge is -2.11. The summed E-state index contributed by atoms with van der Waals surface area (Å²) in [6.07, 6.45) is 6.80. The summed E-state index contributed by atoms with van der Waals surface area (Å²) in [5.74, 6) is 0.789. The van der Waals surface area contributed by atoms with Crippen molar-refractivity contribution in [2.75, 3.05) is 17.7 Å². The molecule has 3 N–H and O–H groups in total. The number of nitrogens with one attached hydrogen (secondary N) is 3. The van der Waals surface area contributed by atoms with Gasteiger partial charge in [-0.2, -0.15) is 5.10 Å². The van der Waals surface area contributed by atoms with Crippen LogP contribution in [0, 0.1) is 6.92 Å². The molecule has 9 nitrogen and oxygen atoms in total. The highest BCUT2D eigenvalue weighted by atomic mass is 35.5. The molecular weight excluding hydrogens is 454 g/mol. The number of pyridine rings is 1. The van der Waals surface area contributed by atoms with E-state index in [1.165, 1.54) is 7.11 Å². The Hall–Kier alpha value is -4.37. The largest absolute Gasteiger partial charge is 0.496 e. The molecule has 1 amide bonds. The van der Waals surface area contributed by atoms with Crippen LogP contribution >= 0.6 is 11.6 Å². The van der Waals surface area contributed by atoms with Gasteiger partial charge in [0.1, 0.15) is 5.75 Å². The third-order valence-electron chi connectivity index (χ3n) is 5.32. The number of rotatable bonds is 6. The highest BCUT2D eigenvalue weighted by Crippen LogP contribution is 2.33. The van der Waals surface area contributed by atoms with Crippen LogP contribution < -0.4 is 15.4 Å². The number of fused-ring (bicyclic) bond motifs is 1. The SMILES string of the molecule is COc1cc(-n2cc(C)c(Nc3ccc4[nH]ncc4c3Cl)n2)ccc1C(=O)Nc1cccnc1. The van der Waals surface area contributed by atoms with Crippen LogP contribution in [0.4, 0.5) is 17.2 Å². The standard InChI is InChI=1S/C24H20ClN7O2/c1-14-13-32(31-23(14)29-20-8-7-19-18(22(20)25)12-27-30-19)16-5-6-17(21(10-16)34-2)24(33)28-15-4-3-9-26-11-15/h3-13H,1-2H3,(H,27,30)(H,28,33)(H,29,31). The van der Waals surface area contributed by atoms with Crippen LogP contribution in [0.3, 0.4) is 0 Å². The quantitative estimate of drug-likeness (QED) is 0.316. The molecule has 0 fully saturated rings. The molecule has 0 unspecified atom stereocenters. The van der Waals surface area contributed by atoms with Gasteiger partial charge in [-0.25, -0.2) is 4.68 Å². The summed E-state index contributed by atoms with van der Waals surface area (Å²) in [5.41, 5.74) is 4.24. The third kappa shape index (κ3) is 4.04. The molecule has 5 aromatic rings. The predicted molar refractivity (Wildman–Crippen MR) is 131 cm³/mol. The summed E-state index contributed by atoms with van der Waals surface area (Å²) in [6, 6.07) is 12.6. The van der Waals surface area contributed by atoms with Gasteiger partial charge < -0.3 is 15.4 Å². The predicted octanol–water partition coefficient (Wildman–Crippen LogP) is 5.11. The van der Waals surface area contributed by atoms with E-state index < -0.39 is 0 Å². The van der Waals surface area contributed by atoms with E-state index in [4.69, 9.17) is 16.3 Å². The second-order valence-electron chi connectivity index (χ2n) is 7.57. The number of amides is 1. The van der Waals surface area contributed by atoms with Gasteiger partial charge in [0, 0.05) is 29.4 Å². The van der Waals surface area contributed by atoms with Crippen LogP contribution in [-0.2, 0) is 0 Å². The van der Waals surface area contributed by atoms with Gasteiger partial charge in [-0.3, -0.25) is 14.9 Å². The average molecular weight is 474 g/mol. The first kappa shape index (κ1) is 21.5. The fraction of sp³-hybridized carbons (Fsp3) is 0.0833. The van der Waals surface area contributed by atoms with Crippen LogP contribution in [0.5, 0.6) is 5.75 Å². The Morgan fingerprint density at radius 2 is 2.06 bits per heavy atom. The molecule has 0 spiro atoms. The number of methoxy groups -OCH3 is 1. The lowest BCUT2D eigenvalue weighted by atomic mass is 10.1. The van der Waals surface area contributed by atoms with Gasteiger partial charge in [-0.05, 0) is 43.3 Å². The molecule has 0 saturated heterocycles. The molecule has 0 radical (unpaired) electrons. The molecule has 3 heterocycles. The third-order valence-corrected chi connectivity index (χ3v) is 5.73. The van der Waals surface area contributed by atoms with Gasteiger partial charge >= 0.3 is 0 Å². The summed E-state index contributed by atoms with van der Waals surface area (Å²) >= 11 is 6.54. The lowest BCUT2D eigenvalue weighted by molar-refractivity contribution is 0.102. The fourth-order valence-corrected chi connectivity index (χ4v) is 3.83. The van der Waals surface area contributed by atoms with Gasteiger partial charge in [0.25, 0.3) is 5.91 Å². The Kier molecular flexibility index (Phi) is 5.60. The molecule has 0 saturated carbocycles. The summed E-state index contributed by atoms with van der Waals surface area (Å²) in [4.78, 5) is 16.7. The van der Waals surface area contributed by atoms with Crippen LogP contribution in [0.1, 0.15) is 15.9 Å². The number of hydrogen-bond acceptors (Lipinski definition) is 6. The minimum absolute atomic E-state index is 0.292. The molecule has 3 aromatic heterocycles. The Morgan fingerprint density at radius 1 is 1.18 bits per heavy atom. The molecule has 170 valence electrons. The van der Waals surface area contributed by atoms with Crippen molar-refractivity contribution in [1.29, 1.82) is 0 Å². The monoisotopic (exact) mass is 473 g/mol. The Bertz CT molecular complexity index is 1490. The summed E-state index contributed by atoms with van der Waals surface area (Å²) in [7, 11) is 1.52. The molecular formula is C24H20ClN7O2. The summed E-state index contributed by atoms with van der Waals surface area (Å²) in [6.45, 7) is 1.95. The molecule has 0 atom stereocenters. The smallest absolute Gasteiger partial charge is 0.259 e. The Balaban J connectivity index is 1.41. The lowest BCUT2D eigenvalue weighted by Crippen LogP contribution is -2.13. The van der Waals surface area contributed by atoms with Crippen molar-refractivity contribution in [2.24, 2.45) is 0 Å². The maximum atomic E-state index is 12.7. The number of halogens is 1. The summed E-state index contributed by atoms with van der Waals surface area (Å²) < 4.78 is 7.20. The molecule has 2 aromatic carbocycles. The van der Waals surface area contributed by atoms with E-state index in [0.717, 1.165) is 27.8 Å². The number of aryl methyl sites for hydroxylation is 1. The van der Waals surface area contributed by atoms with Crippen molar-refractivity contribution in [1.82, 2.24) is 25.0 Å². The highest BCUT2D eigenvalue weighted by molar-refractivity contribution is 6.38. The second-order valence-corrected chi connectivity index (χ2v) is 7.95. The summed E-state index contributed by atoms with van der Waals surface area (Å²) in [5, 5.41) is 19.1. The number of nitrogens with zero attached hydrogens (tertiary/aromatic N) is 4. The first-order valence-corrected chi connectivity index (χ1v) is 10.8.